The highest BCUT2D eigenvalue weighted by Crippen LogP contribution is 2.61. The minimum absolute atomic E-state index is 0.0740. The normalized spacial score (nSPS) is 36.4. The average molecular weight is 454 g/mol. The zero-order valence-corrected chi connectivity index (χ0v) is 20.0. The van der Waals surface area contributed by atoms with E-state index in [0.29, 0.717) is 31.0 Å². The fourth-order valence-corrected chi connectivity index (χ4v) is 8.79. The summed E-state index contributed by atoms with van der Waals surface area (Å²) >= 11 is 0. The zero-order valence-electron chi connectivity index (χ0n) is 20.0. The van der Waals surface area contributed by atoms with Crippen LogP contribution in [0.4, 0.5) is 0 Å². The monoisotopic (exact) mass is 453 g/mol. The van der Waals surface area contributed by atoms with Crippen molar-refractivity contribution in [3.05, 3.63) is 17.0 Å². The molecule has 0 aromatic carbocycles. The maximum Gasteiger partial charge on any atom is 0.306 e. The molecule has 4 bridgehead atoms. The van der Waals surface area contributed by atoms with Crippen molar-refractivity contribution in [3.63, 3.8) is 0 Å². The summed E-state index contributed by atoms with van der Waals surface area (Å²) in [4.78, 5) is 25.4. The lowest BCUT2D eigenvalue weighted by atomic mass is 9.48. The van der Waals surface area contributed by atoms with Crippen LogP contribution in [0.15, 0.2) is 0 Å². The number of fused-ring (bicyclic) bond motifs is 1. The van der Waals surface area contributed by atoms with E-state index in [1.807, 2.05) is 0 Å². The minimum Gasteiger partial charge on any atom is -0.481 e. The molecule has 2 atom stereocenters. The van der Waals surface area contributed by atoms with E-state index < -0.39 is 11.9 Å². The molecule has 5 saturated carbocycles. The van der Waals surface area contributed by atoms with Gasteiger partial charge >= 0.3 is 5.97 Å². The van der Waals surface area contributed by atoms with Crippen LogP contribution in [0.25, 0.3) is 0 Å². The highest BCUT2D eigenvalue weighted by atomic mass is 16.4. The van der Waals surface area contributed by atoms with Crippen molar-refractivity contribution in [1.82, 2.24) is 15.1 Å². The van der Waals surface area contributed by atoms with E-state index in [0.717, 1.165) is 41.9 Å². The Balaban J connectivity index is 1.27. The van der Waals surface area contributed by atoms with E-state index in [4.69, 9.17) is 5.10 Å². The maximum atomic E-state index is 13.7. The number of hydrogen-bond donors (Lipinski definition) is 2. The lowest BCUT2D eigenvalue weighted by Gasteiger charge is -2.59. The van der Waals surface area contributed by atoms with Crippen molar-refractivity contribution < 1.29 is 14.7 Å². The number of rotatable bonds is 5. The maximum absolute atomic E-state index is 13.7. The predicted molar refractivity (Wildman–Crippen MR) is 125 cm³/mol. The molecule has 0 aliphatic heterocycles. The average Bonchev–Trinajstić information content (AvgIpc) is 3.18. The van der Waals surface area contributed by atoms with Gasteiger partial charge in [-0.15, -0.1) is 0 Å². The Morgan fingerprint density at radius 2 is 1.67 bits per heavy atom. The van der Waals surface area contributed by atoms with Crippen LogP contribution in [0, 0.1) is 29.1 Å². The quantitative estimate of drug-likeness (QED) is 0.663. The number of aliphatic carboxylic acids is 1. The Labute approximate surface area is 196 Å². The fourth-order valence-electron chi connectivity index (χ4n) is 8.79. The minimum atomic E-state index is -0.751. The lowest BCUT2D eigenvalue weighted by Crippen LogP contribution is -2.55. The molecule has 1 aromatic heterocycles. The summed E-state index contributed by atoms with van der Waals surface area (Å²) < 4.78 is 2.14. The summed E-state index contributed by atoms with van der Waals surface area (Å²) in [5.74, 6) is 1.32. The number of carbonyl (C=O) groups is 2. The SMILES string of the molecule is CC(NC(=O)c1nn(C2CCCCC2)c2c1CC(C(=O)O)CC2)C12CC3CC(CC(C3)C1)C2. The van der Waals surface area contributed by atoms with Crippen LogP contribution in [0.2, 0.25) is 0 Å². The van der Waals surface area contributed by atoms with Crippen LogP contribution in [0.1, 0.15) is 112 Å². The van der Waals surface area contributed by atoms with Crippen LogP contribution in [0.5, 0.6) is 0 Å². The van der Waals surface area contributed by atoms with Gasteiger partial charge in [0, 0.05) is 17.3 Å². The van der Waals surface area contributed by atoms with Crippen molar-refractivity contribution in [2.75, 3.05) is 0 Å². The first-order valence-corrected chi connectivity index (χ1v) is 13.6. The van der Waals surface area contributed by atoms with E-state index in [1.165, 1.54) is 57.8 Å². The largest absolute Gasteiger partial charge is 0.481 e. The van der Waals surface area contributed by atoms with Gasteiger partial charge in [0.1, 0.15) is 0 Å². The van der Waals surface area contributed by atoms with Crippen molar-refractivity contribution in [2.24, 2.45) is 29.1 Å². The first kappa shape index (κ1) is 21.7. The second-order valence-electron chi connectivity index (χ2n) is 12.3. The van der Waals surface area contributed by atoms with Crippen molar-refractivity contribution in [1.29, 1.82) is 0 Å². The van der Waals surface area contributed by atoms with Crippen LogP contribution < -0.4 is 5.32 Å². The van der Waals surface area contributed by atoms with Gasteiger partial charge in [0.05, 0.1) is 12.0 Å². The number of carboxylic acids is 1. The Kier molecular flexibility index (Phi) is 5.34. The molecule has 5 fully saturated rings. The van der Waals surface area contributed by atoms with E-state index in [9.17, 15) is 14.7 Å². The van der Waals surface area contributed by atoms with Crippen molar-refractivity contribution >= 4 is 11.9 Å². The first-order chi connectivity index (χ1) is 15.9. The molecule has 0 radical (unpaired) electrons. The highest BCUT2D eigenvalue weighted by Gasteiger charge is 2.53. The smallest absolute Gasteiger partial charge is 0.306 e. The molecule has 1 amide bonds. The number of aromatic nitrogens is 2. The Morgan fingerprint density at radius 3 is 2.27 bits per heavy atom. The van der Waals surface area contributed by atoms with E-state index in [-0.39, 0.29) is 17.4 Å². The number of nitrogens with zero attached hydrogens (tertiary/aromatic N) is 2. The van der Waals surface area contributed by atoms with E-state index in [2.05, 4.69) is 16.9 Å². The van der Waals surface area contributed by atoms with Crippen LogP contribution in [-0.2, 0) is 17.6 Å². The molecular formula is C27H39N3O3. The number of amides is 1. The molecule has 0 spiro atoms. The van der Waals surface area contributed by atoms with Gasteiger partial charge in [-0.25, -0.2) is 0 Å². The van der Waals surface area contributed by atoms with Gasteiger partial charge in [0.15, 0.2) is 5.69 Å². The number of nitrogens with one attached hydrogen (secondary N) is 1. The molecule has 6 heteroatoms. The number of hydrogen-bond acceptors (Lipinski definition) is 3. The lowest BCUT2D eigenvalue weighted by molar-refractivity contribution is -0.142. The fraction of sp³-hybridized carbons (Fsp3) is 0.815. The van der Waals surface area contributed by atoms with E-state index >= 15 is 0 Å². The third kappa shape index (κ3) is 3.72. The third-order valence-electron chi connectivity index (χ3n) is 10.1. The summed E-state index contributed by atoms with van der Waals surface area (Å²) in [5.41, 5.74) is 2.81. The molecule has 6 nitrogen and oxygen atoms in total. The van der Waals surface area contributed by atoms with Crippen LogP contribution >= 0.6 is 0 Å². The molecule has 1 heterocycles. The summed E-state index contributed by atoms with van der Waals surface area (Å²) in [6.07, 6.45) is 15.7. The van der Waals surface area contributed by atoms with Gasteiger partial charge in [-0.05, 0) is 101 Å². The van der Waals surface area contributed by atoms with E-state index in [1.54, 1.807) is 0 Å². The van der Waals surface area contributed by atoms with Gasteiger partial charge < -0.3 is 10.4 Å². The first-order valence-electron chi connectivity index (χ1n) is 13.6. The molecular weight excluding hydrogens is 414 g/mol. The molecule has 33 heavy (non-hydrogen) atoms. The third-order valence-corrected chi connectivity index (χ3v) is 10.1. The molecule has 1 aromatic rings. The summed E-state index contributed by atoms with van der Waals surface area (Å²) in [6, 6.07) is 0.503. The van der Waals surface area contributed by atoms with Crippen LogP contribution in [-0.4, -0.2) is 32.8 Å². The molecule has 180 valence electrons. The molecule has 7 rings (SSSR count). The van der Waals surface area contributed by atoms with Gasteiger partial charge in [0.2, 0.25) is 0 Å². The van der Waals surface area contributed by atoms with Gasteiger partial charge in [-0.1, -0.05) is 19.3 Å². The van der Waals surface area contributed by atoms with Crippen molar-refractivity contribution in [2.45, 2.75) is 109 Å². The number of carbonyl (C=O) groups excluding carboxylic acids is 1. The zero-order chi connectivity index (χ0) is 22.7. The second kappa shape index (κ2) is 8.13. The number of carboxylic acid groups (broad SMARTS) is 1. The van der Waals surface area contributed by atoms with Gasteiger partial charge in [-0.2, -0.15) is 5.10 Å². The second-order valence-corrected chi connectivity index (χ2v) is 12.3. The summed E-state index contributed by atoms with van der Waals surface area (Å²) in [5, 5.41) is 18.0. The molecule has 0 saturated heterocycles. The molecule has 2 N–H and O–H groups in total. The molecule has 2 unspecified atom stereocenters. The van der Waals surface area contributed by atoms with Crippen molar-refractivity contribution in [3.8, 4) is 0 Å². The molecule has 6 aliphatic carbocycles. The summed E-state index contributed by atoms with van der Waals surface area (Å²) in [7, 11) is 0. The summed E-state index contributed by atoms with van der Waals surface area (Å²) in [6.45, 7) is 2.22. The molecule has 6 aliphatic rings. The topological polar surface area (TPSA) is 84.2 Å². The van der Waals surface area contributed by atoms with Crippen LogP contribution in [0.3, 0.4) is 0 Å². The standard InChI is InChI=1S/C27H39N3O3/c1-16(27-13-17-9-18(14-27)11-19(10-17)15-27)28-25(31)24-22-12-20(26(32)33)7-8-23(22)30(29-24)21-5-3-2-4-6-21/h16-21H,2-15H2,1H3,(H,28,31)(H,32,33). The van der Waals surface area contributed by atoms with Gasteiger partial charge in [-0.3, -0.25) is 14.3 Å². The highest BCUT2D eigenvalue weighted by molar-refractivity contribution is 5.94. The Hall–Kier alpha value is -1.85. The Bertz CT molecular complexity index is 909. The predicted octanol–water partition coefficient (Wildman–Crippen LogP) is 4.91. The van der Waals surface area contributed by atoms with Gasteiger partial charge in [0.25, 0.3) is 5.91 Å². The Morgan fingerprint density at radius 1 is 1.03 bits per heavy atom.